The summed E-state index contributed by atoms with van der Waals surface area (Å²) in [5, 5.41) is 12.8. The number of amides is 1. The number of nitrogens with zero attached hydrogens (tertiary/aromatic N) is 1. The van der Waals surface area contributed by atoms with Crippen molar-refractivity contribution in [1.82, 2.24) is 10.2 Å². The first-order chi connectivity index (χ1) is 8.22. The standard InChI is InChI=1S/C13H18N2O2/c1-14-8-10-6-7-15(9-10)13(17)11-4-2-3-5-12(11)16/h2-5,10,14,16H,6-9H2,1H3. The highest BCUT2D eigenvalue weighted by Crippen LogP contribution is 2.22. The first kappa shape index (κ1) is 11.9. The molecule has 0 spiro atoms. The number of phenolic OH excluding ortho intramolecular Hbond substituents is 1. The van der Waals surface area contributed by atoms with Gasteiger partial charge in [0.1, 0.15) is 5.75 Å². The Morgan fingerprint density at radius 1 is 1.53 bits per heavy atom. The molecule has 0 saturated carbocycles. The SMILES string of the molecule is CNCC1CCN(C(=O)c2ccccc2O)C1. The highest BCUT2D eigenvalue weighted by molar-refractivity contribution is 5.96. The molecular formula is C13H18N2O2. The molecule has 4 nitrogen and oxygen atoms in total. The van der Waals surface area contributed by atoms with Crippen molar-refractivity contribution in [3.63, 3.8) is 0 Å². The molecule has 0 radical (unpaired) electrons. The zero-order valence-corrected chi connectivity index (χ0v) is 10.0. The van der Waals surface area contributed by atoms with E-state index in [0.29, 0.717) is 11.5 Å². The zero-order valence-electron chi connectivity index (χ0n) is 10.0. The van der Waals surface area contributed by atoms with Crippen LogP contribution in [0, 0.1) is 5.92 Å². The van der Waals surface area contributed by atoms with E-state index in [1.807, 2.05) is 11.9 Å². The third-order valence-corrected chi connectivity index (χ3v) is 3.20. The molecule has 1 heterocycles. The average Bonchev–Trinajstić information content (AvgIpc) is 2.78. The number of hydrogen-bond donors (Lipinski definition) is 2. The second-order valence-corrected chi connectivity index (χ2v) is 4.48. The van der Waals surface area contributed by atoms with Crippen LogP contribution in [0.2, 0.25) is 0 Å². The lowest BCUT2D eigenvalue weighted by Gasteiger charge is -2.17. The van der Waals surface area contributed by atoms with E-state index in [1.54, 1.807) is 24.3 Å². The second-order valence-electron chi connectivity index (χ2n) is 4.48. The van der Waals surface area contributed by atoms with Crippen LogP contribution in [0.5, 0.6) is 5.75 Å². The Morgan fingerprint density at radius 2 is 2.29 bits per heavy atom. The minimum absolute atomic E-state index is 0.0644. The van der Waals surface area contributed by atoms with Gasteiger partial charge in [-0.2, -0.15) is 0 Å². The lowest BCUT2D eigenvalue weighted by atomic mass is 10.1. The minimum Gasteiger partial charge on any atom is -0.507 e. The molecule has 0 aliphatic carbocycles. The van der Waals surface area contributed by atoms with Crippen LogP contribution in [0.15, 0.2) is 24.3 Å². The molecule has 1 fully saturated rings. The normalized spacial score (nSPS) is 19.6. The summed E-state index contributed by atoms with van der Waals surface area (Å²) in [5.74, 6) is 0.520. The molecule has 1 aliphatic heterocycles. The number of phenols is 1. The van der Waals surface area contributed by atoms with Crippen molar-refractivity contribution in [2.24, 2.45) is 5.92 Å². The van der Waals surface area contributed by atoms with E-state index in [0.717, 1.165) is 26.1 Å². The predicted molar refractivity (Wildman–Crippen MR) is 66.0 cm³/mol. The number of benzene rings is 1. The fourth-order valence-electron chi connectivity index (χ4n) is 2.30. The number of rotatable bonds is 3. The summed E-state index contributed by atoms with van der Waals surface area (Å²) in [7, 11) is 1.92. The van der Waals surface area contributed by atoms with Crippen molar-refractivity contribution < 1.29 is 9.90 Å². The fraction of sp³-hybridized carbons (Fsp3) is 0.462. The quantitative estimate of drug-likeness (QED) is 0.822. The van der Waals surface area contributed by atoms with Gasteiger partial charge >= 0.3 is 0 Å². The van der Waals surface area contributed by atoms with E-state index >= 15 is 0 Å². The molecule has 1 aliphatic rings. The number of carbonyl (C=O) groups is 1. The molecule has 1 aromatic rings. The molecule has 1 saturated heterocycles. The van der Waals surface area contributed by atoms with Gasteiger partial charge in [0.2, 0.25) is 0 Å². The number of nitrogens with one attached hydrogen (secondary N) is 1. The van der Waals surface area contributed by atoms with Crippen molar-refractivity contribution in [3.05, 3.63) is 29.8 Å². The molecule has 1 unspecified atom stereocenters. The topological polar surface area (TPSA) is 52.6 Å². The van der Waals surface area contributed by atoms with Gasteiger partial charge in [0.15, 0.2) is 0 Å². The number of carbonyl (C=O) groups excluding carboxylic acids is 1. The van der Waals surface area contributed by atoms with E-state index < -0.39 is 0 Å². The van der Waals surface area contributed by atoms with Crippen molar-refractivity contribution in [2.75, 3.05) is 26.7 Å². The van der Waals surface area contributed by atoms with Gasteiger partial charge in [-0.3, -0.25) is 4.79 Å². The Balaban J connectivity index is 2.05. The summed E-state index contributed by atoms with van der Waals surface area (Å²) >= 11 is 0. The van der Waals surface area contributed by atoms with Crippen molar-refractivity contribution >= 4 is 5.91 Å². The molecule has 1 aromatic carbocycles. The maximum Gasteiger partial charge on any atom is 0.257 e. The first-order valence-corrected chi connectivity index (χ1v) is 5.94. The van der Waals surface area contributed by atoms with Gasteiger partial charge in [-0.15, -0.1) is 0 Å². The van der Waals surface area contributed by atoms with Crippen LogP contribution >= 0.6 is 0 Å². The first-order valence-electron chi connectivity index (χ1n) is 5.94. The third-order valence-electron chi connectivity index (χ3n) is 3.20. The Hall–Kier alpha value is -1.55. The number of para-hydroxylation sites is 1. The number of likely N-dealkylation sites (tertiary alicyclic amines) is 1. The van der Waals surface area contributed by atoms with Crippen molar-refractivity contribution in [2.45, 2.75) is 6.42 Å². The van der Waals surface area contributed by atoms with Crippen LogP contribution in [-0.4, -0.2) is 42.6 Å². The van der Waals surface area contributed by atoms with Crippen LogP contribution < -0.4 is 5.32 Å². The fourth-order valence-corrected chi connectivity index (χ4v) is 2.30. The average molecular weight is 234 g/mol. The summed E-state index contributed by atoms with van der Waals surface area (Å²) in [4.78, 5) is 14.0. The lowest BCUT2D eigenvalue weighted by molar-refractivity contribution is 0.0784. The highest BCUT2D eigenvalue weighted by atomic mass is 16.3. The van der Waals surface area contributed by atoms with Gasteiger partial charge in [0, 0.05) is 13.1 Å². The molecule has 17 heavy (non-hydrogen) atoms. The van der Waals surface area contributed by atoms with Gasteiger partial charge in [-0.05, 0) is 38.1 Å². The molecule has 4 heteroatoms. The van der Waals surface area contributed by atoms with E-state index in [4.69, 9.17) is 0 Å². The summed E-state index contributed by atoms with van der Waals surface area (Å²) in [6.45, 7) is 2.48. The summed E-state index contributed by atoms with van der Waals surface area (Å²) < 4.78 is 0. The summed E-state index contributed by atoms with van der Waals surface area (Å²) in [6.07, 6.45) is 1.03. The molecule has 1 atom stereocenters. The Labute approximate surface area is 101 Å². The summed E-state index contributed by atoms with van der Waals surface area (Å²) in [5.41, 5.74) is 0.401. The van der Waals surface area contributed by atoms with Gasteiger partial charge in [-0.1, -0.05) is 12.1 Å². The lowest BCUT2D eigenvalue weighted by Crippen LogP contribution is -2.30. The highest BCUT2D eigenvalue weighted by Gasteiger charge is 2.27. The maximum atomic E-state index is 12.2. The largest absolute Gasteiger partial charge is 0.507 e. The van der Waals surface area contributed by atoms with Crippen molar-refractivity contribution in [1.29, 1.82) is 0 Å². The third kappa shape index (κ3) is 2.58. The van der Waals surface area contributed by atoms with Gasteiger partial charge in [-0.25, -0.2) is 0 Å². The van der Waals surface area contributed by atoms with Crippen LogP contribution in [0.4, 0.5) is 0 Å². The van der Waals surface area contributed by atoms with Crippen molar-refractivity contribution in [3.8, 4) is 5.75 Å². The monoisotopic (exact) mass is 234 g/mol. The van der Waals surface area contributed by atoms with E-state index in [2.05, 4.69) is 5.32 Å². The smallest absolute Gasteiger partial charge is 0.257 e. The maximum absolute atomic E-state index is 12.2. The van der Waals surface area contributed by atoms with Crippen LogP contribution in [0.1, 0.15) is 16.8 Å². The predicted octanol–water partition coefficient (Wildman–Crippen LogP) is 1.07. The molecule has 0 bridgehead atoms. The molecule has 1 amide bonds. The van der Waals surface area contributed by atoms with Gasteiger partial charge in [0.25, 0.3) is 5.91 Å². The zero-order chi connectivity index (χ0) is 12.3. The van der Waals surface area contributed by atoms with Gasteiger partial charge < -0.3 is 15.3 Å². The van der Waals surface area contributed by atoms with Crippen LogP contribution in [0.3, 0.4) is 0 Å². The number of hydrogen-bond acceptors (Lipinski definition) is 3. The second kappa shape index (κ2) is 5.19. The molecule has 92 valence electrons. The Bertz CT molecular complexity index is 406. The van der Waals surface area contributed by atoms with Crippen LogP contribution in [-0.2, 0) is 0 Å². The summed E-state index contributed by atoms with van der Waals surface area (Å²) in [6, 6.07) is 6.71. The Morgan fingerprint density at radius 3 is 3.00 bits per heavy atom. The van der Waals surface area contributed by atoms with E-state index in [-0.39, 0.29) is 11.7 Å². The molecule has 0 aromatic heterocycles. The minimum atomic E-state index is -0.0679. The molecule has 2 rings (SSSR count). The van der Waals surface area contributed by atoms with Gasteiger partial charge in [0.05, 0.1) is 5.56 Å². The molecular weight excluding hydrogens is 216 g/mol. The molecule has 2 N–H and O–H groups in total. The van der Waals surface area contributed by atoms with E-state index in [9.17, 15) is 9.90 Å². The van der Waals surface area contributed by atoms with E-state index in [1.165, 1.54) is 0 Å². The number of aromatic hydroxyl groups is 1. The van der Waals surface area contributed by atoms with Crippen LogP contribution in [0.25, 0.3) is 0 Å². The Kier molecular flexibility index (Phi) is 3.64.